The fourth-order valence-electron chi connectivity index (χ4n) is 3.35. The van der Waals surface area contributed by atoms with E-state index in [1.165, 1.54) is 10.9 Å². The van der Waals surface area contributed by atoms with Gasteiger partial charge in [-0.2, -0.15) is 0 Å². The molecule has 3 N–H and O–H groups in total. The molecule has 4 aromatic rings. The molecule has 0 fully saturated rings. The number of H-pyrrole nitrogens is 1. The molecule has 0 aliphatic carbocycles. The third-order valence-corrected chi connectivity index (χ3v) is 4.74. The van der Waals surface area contributed by atoms with E-state index in [4.69, 9.17) is 0 Å². The number of nitrogens with one attached hydrogen (secondary N) is 3. The van der Waals surface area contributed by atoms with Gasteiger partial charge < -0.3 is 20.2 Å². The molecule has 0 saturated heterocycles. The number of aromatic nitrogens is 3. The highest BCUT2D eigenvalue weighted by Gasteiger charge is 2.05. The average Bonchev–Trinajstić information content (AvgIpc) is 3.30. The second-order valence-corrected chi connectivity index (χ2v) is 6.57. The fraction of sp³-hybridized carbons (Fsp3) is 0.238. The summed E-state index contributed by atoms with van der Waals surface area (Å²) >= 11 is 0. The van der Waals surface area contributed by atoms with Crippen molar-refractivity contribution in [2.75, 3.05) is 13.1 Å². The number of imidazole rings is 1. The largest absolute Gasteiger partial charge is 0.361 e. The molecular weight excluding hydrogens is 338 g/mol. The first-order chi connectivity index (χ1) is 13.3. The summed E-state index contributed by atoms with van der Waals surface area (Å²) in [7, 11) is 0. The van der Waals surface area contributed by atoms with Gasteiger partial charge in [-0.1, -0.05) is 30.3 Å². The highest BCUT2D eigenvalue weighted by atomic mass is 16.2. The number of rotatable bonds is 7. The van der Waals surface area contributed by atoms with E-state index in [9.17, 15) is 4.79 Å². The Bertz CT molecular complexity index is 1050. The normalized spacial score (nSPS) is 11.1. The van der Waals surface area contributed by atoms with E-state index in [0.717, 1.165) is 35.9 Å². The Balaban J connectivity index is 1.18. The molecule has 0 bridgehead atoms. The summed E-state index contributed by atoms with van der Waals surface area (Å²) in [6, 6.07) is 16.2. The molecule has 138 valence electrons. The molecule has 6 nitrogen and oxygen atoms in total. The van der Waals surface area contributed by atoms with Crippen molar-refractivity contribution in [2.45, 2.75) is 19.4 Å². The molecule has 0 aliphatic heterocycles. The molecule has 2 aromatic heterocycles. The summed E-state index contributed by atoms with van der Waals surface area (Å²) < 4.78 is 2.12. The van der Waals surface area contributed by atoms with Crippen LogP contribution in [-0.4, -0.2) is 33.7 Å². The molecule has 0 atom stereocenters. The number of nitrogens with zero attached hydrogens (tertiary/aromatic N) is 2. The standard InChI is InChI=1S/C21H23N5O/c27-21(23-12-10-16-14-24-18-7-2-1-6-17(16)18)22-11-5-13-26-15-25-19-8-3-4-9-20(19)26/h1-4,6-9,14-15,24H,5,10-13H2,(H2,22,23,27). The monoisotopic (exact) mass is 361 g/mol. The van der Waals surface area contributed by atoms with Crippen LogP contribution < -0.4 is 10.6 Å². The van der Waals surface area contributed by atoms with Crippen molar-refractivity contribution in [1.82, 2.24) is 25.2 Å². The molecule has 0 aliphatic rings. The summed E-state index contributed by atoms with van der Waals surface area (Å²) in [5.74, 6) is 0. The predicted molar refractivity (Wildman–Crippen MR) is 108 cm³/mol. The lowest BCUT2D eigenvalue weighted by atomic mass is 10.1. The van der Waals surface area contributed by atoms with Crippen molar-refractivity contribution in [3.63, 3.8) is 0 Å². The van der Waals surface area contributed by atoms with Gasteiger partial charge in [0.2, 0.25) is 0 Å². The number of hydrogen-bond acceptors (Lipinski definition) is 2. The highest BCUT2D eigenvalue weighted by Crippen LogP contribution is 2.17. The number of amides is 2. The van der Waals surface area contributed by atoms with Gasteiger partial charge in [-0.15, -0.1) is 0 Å². The lowest BCUT2D eigenvalue weighted by Crippen LogP contribution is -2.37. The van der Waals surface area contributed by atoms with E-state index < -0.39 is 0 Å². The van der Waals surface area contributed by atoms with Gasteiger partial charge in [-0.05, 0) is 36.6 Å². The Hall–Kier alpha value is -3.28. The number of carbonyl (C=O) groups excluding carboxylic acids is 1. The summed E-state index contributed by atoms with van der Waals surface area (Å²) in [4.78, 5) is 19.6. The quantitative estimate of drug-likeness (QED) is 0.441. The minimum atomic E-state index is -0.120. The molecule has 0 unspecified atom stereocenters. The zero-order valence-electron chi connectivity index (χ0n) is 15.1. The van der Waals surface area contributed by atoms with Crippen LogP contribution in [0.15, 0.2) is 61.1 Å². The van der Waals surface area contributed by atoms with E-state index in [2.05, 4.69) is 43.4 Å². The Kier molecular flexibility index (Phi) is 5.05. The fourth-order valence-corrected chi connectivity index (χ4v) is 3.35. The van der Waals surface area contributed by atoms with E-state index in [1.807, 2.05) is 42.9 Å². The first-order valence-corrected chi connectivity index (χ1v) is 9.28. The van der Waals surface area contributed by atoms with Crippen molar-refractivity contribution < 1.29 is 4.79 Å². The van der Waals surface area contributed by atoms with E-state index >= 15 is 0 Å². The zero-order valence-corrected chi connectivity index (χ0v) is 15.1. The first kappa shape index (κ1) is 17.1. The van der Waals surface area contributed by atoms with Gasteiger partial charge in [0.15, 0.2) is 0 Å². The van der Waals surface area contributed by atoms with Gasteiger partial charge in [-0.25, -0.2) is 9.78 Å². The van der Waals surface area contributed by atoms with Crippen molar-refractivity contribution in [3.8, 4) is 0 Å². The van der Waals surface area contributed by atoms with Gasteiger partial charge >= 0.3 is 6.03 Å². The lowest BCUT2D eigenvalue weighted by Gasteiger charge is -2.08. The Morgan fingerprint density at radius 2 is 1.85 bits per heavy atom. The molecule has 2 amide bonds. The molecule has 27 heavy (non-hydrogen) atoms. The van der Waals surface area contributed by atoms with Crippen LogP contribution >= 0.6 is 0 Å². The average molecular weight is 361 g/mol. The molecule has 6 heteroatoms. The summed E-state index contributed by atoms with van der Waals surface area (Å²) in [5, 5.41) is 7.06. The van der Waals surface area contributed by atoms with Crippen LogP contribution in [0, 0.1) is 0 Å². The van der Waals surface area contributed by atoms with Crippen molar-refractivity contribution in [1.29, 1.82) is 0 Å². The maximum atomic E-state index is 12.0. The number of fused-ring (bicyclic) bond motifs is 2. The molecule has 2 aromatic carbocycles. The van der Waals surface area contributed by atoms with Gasteiger partial charge in [0.05, 0.1) is 17.4 Å². The first-order valence-electron chi connectivity index (χ1n) is 9.28. The lowest BCUT2D eigenvalue weighted by molar-refractivity contribution is 0.240. The summed E-state index contributed by atoms with van der Waals surface area (Å²) in [5.41, 5.74) is 4.48. The van der Waals surface area contributed by atoms with Gasteiger partial charge in [0.1, 0.15) is 0 Å². The molecule has 0 saturated carbocycles. The van der Waals surface area contributed by atoms with E-state index in [0.29, 0.717) is 13.1 Å². The minimum Gasteiger partial charge on any atom is -0.361 e. The highest BCUT2D eigenvalue weighted by molar-refractivity contribution is 5.83. The van der Waals surface area contributed by atoms with Crippen molar-refractivity contribution >= 4 is 28.0 Å². The van der Waals surface area contributed by atoms with E-state index in [-0.39, 0.29) is 6.03 Å². The SMILES string of the molecule is O=C(NCCCn1cnc2ccccc21)NCCc1c[nH]c2ccccc12. The maximum Gasteiger partial charge on any atom is 0.314 e. The Morgan fingerprint density at radius 3 is 2.81 bits per heavy atom. The third-order valence-electron chi connectivity index (χ3n) is 4.74. The second-order valence-electron chi connectivity index (χ2n) is 6.57. The van der Waals surface area contributed by atoms with Crippen LogP contribution in [0.2, 0.25) is 0 Å². The smallest absolute Gasteiger partial charge is 0.314 e. The Labute approximate surface area is 157 Å². The molecule has 4 rings (SSSR count). The van der Waals surface area contributed by atoms with Gasteiger partial charge in [-0.3, -0.25) is 0 Å². The van der Waals surface area contributed by atoms with E-state index in [1.54, 1.807) is 0 Å². The number of hydrogen-bond donors (Lipinski definition) is 3. The third kappa shape index (κ3) is 3.95. The number of carbonyl (C=O) groups is 1. The van der Waals surface area contributed by atoms with Gasteiger partial charge in [0.25, 0.3) is 0 Å². The maximum absolute atomic E-state index is 12.0. The molecule has 0 spiro atoms. The topological polar surface area (TPSA) is 74.7 Å². The van der Waals surface area contributed by atoms with Gasteiger partial charge in [0, 0.05) is 36.7 Å². The minimum absolute atomic E-state index is 0.120. The summed E-state index contributed by atoms with van der Waals surface area (Å²) in [6.07, 6.45) is 5.53. The van der Waals surface area contributed by atoms with Crippen LogP contribution in [0.5, 0.6) is 0 Å². The van der Waals surface area contributed by atoms with Crippen molar-refractivity contribution in [3.05, 3.63) is 66.6 Å². The molecule has 2 heterocycles. The molecular formula is C21H23N5O. The summed E-state index contributed by atoms with van der Waals surface area (Å²) in [6.45, 7) is 2.07. The number of para-hydroxylation sites is 3. The van der Waals surface area contributed by atoms with Crippen LogP contribution in [0.1, 0.15) is 12.0 Å². The number of aryl methyl sites for hydroxylation is 1. The number of urea groups is 1. The predicted octanol–water partition coefficient (Wildman–Crippen LogP) is 3.45. The second kappa shape index (κ2) is 7.95. The Morgan fingerprint density at radius 1 is 1.04 bits per heavy atom. The van der Waals surface area contributed by atoms with Crippen LogP contribution in [0.25, 0.3) is 21.9 Å². The van der Waals surface area contributed by atoms with Crippen molar-refractivity contribution in [2.24, 2.45) is 0 Å². The molecule has 0 radical (unpaired) electrons. The van der Waals surface area contributed by atoms with Crippen LogP contribution in [0.4, 0.5) is 4.79 Å². The van der Waals surface area contributed by atoms with Crippen LogP contribution in [-0.2, 0) is 13.0 Å². The number of aromatic amines is 1. The van der Waals surface area contributed by atoms with Crippen LogP contribution in [0.3, 0.4) is 0 Å². The number of benzene rings is 2. The zero-order chi connectivity index (χ0) is 18.5.